The van der Waals surface area contributed by atoms with Crippen molar-refractivity contribution in [3.05, 3.63) is 0 Å². The summed E-state index contributed by atoms with van der Waals surface area (Å²) in [7, 11) is 0. The lowest BCUT2D eigenvalue weighted by molar-refractivity contribution is -0.125. The summed E-state index contributed by atoms with van der Waals surface area (Å²) in [5.74, 6) is 2.19. The van der Waals surface area contributed by atoms with Crippen molar-refractivity contribution in [1.82, 2.24) is 0 Å². The molecule has 0 aliphatic heterocycles. The molecule has 0 radical (unpaired) electrons. The van der Waals surface area contributed by atoms with E-state index in [2.05, 4.69) is 6.92 Å². The Morgan fingerprint density at radius 1 is 1.38 bits per heavy atom. The molecule has 0 aromatic carbocycles. The van der Waals surface area contributed by atoms with E-state index in [0.717, 1.165) is 18.3 Å². The lowest BCUT2D eigenvalue weighted by Crippen LogP contribution is -2.25. The fraction of sp³-hybridized carbons (Fsp3) is 0.929. The van der Waals surface area contributed by atoms with Gasteiger partial charge in [-0.2, -0.15) is 0 Å². The molecule has 2 bridgehead atoms. The first-order valence-electron chi connectivity index (χ1n) is 6.85. The van der Waals surface area contributed by atoms with E-state index in [4.69, 9.17) is 4.74 Å². The smallest absolute Gasteiger partial charge is 0.137 e. The van der Waals surface area contributed by atoms with Crippen LogP contribution in [0.3, 0.4) is 0 Å². The summed E-state index contributed by atoms with van der Waals surface area (Å²) in [6.45, 7) is 4.71. The zero-order chi connectivity index (χ0) is 11.5. The van der Waals surface area contributed by atoms with Crippen LogP contribution in [0.25, 0.3) is 0 Å². The topological polar surface area (TPSA) is 26.3 Å². The van der Waals surface area contributed by atoms with Crippen molar-refractivity contribution in [3.8, 4) is 0 Å². The molecule has 2 rings (SSSR count). The lowest BCUT2D eigenvalue weighted by Gasteiger charge is -2.23. The van der Waals surface area contributed by atoms with Gasteiger partial charge in [0.2, 0.25) is 0 Å². The molecule has 2 nitrogen and oxygen atoms in total. The summed E-state index contributed by atoms with van der Waals surface area (Å²) in [4.78, 5) is 11.6. The van der Waals surface area contributed by atoms with Gasteiger partial charge in [0.15, 0.2) is 0 Å². The van der Waals surface area contributed by atoms with Crippen LogP contribution in [-0.4, -0.2) is 18.5 Å². The summed E-state index contributed by atoms with van der Waals surface area (Å²) in [6.07, 6.45) is 7.53. The van der Waals surface area contributed by atoms with Crippen LogP contribution in [0.15, 0.2) is 0 Å². The van der Waals surface area contributed by atoms with Crippen molar-refractivity contribution in [2.75, 3.05) is 6.61 Å². The Hall–Kier alpha value is -0.370. The van der Waals surface area contributed by atoms with Crippen molar-refractivity contribution in [2.45, 2.75) is 58.5 Å². The molecule has 0 N–H and O–H groups in total. The van der Waals surface area contributed by atoms with Gasteiger partial charge in [-0.15, -0.1) is 0 Å². The molecule has 92 valence electrons. The van der Waals surface area contributed by atoms with Crippen molar-refractivity contribution < 1.29 is 9.53 Å². The quantitative estimate of drug-likeness (QED) is 0.692. The van der Waals surface area contributed by atoms with Crippen LogP contribution in [0, 0.1) is 17.8 Å². The molecule has 4 atom stereocenters. The largest absolute Gasteiger partial charge is 0.377 e. The van der Waals surface area contributed by atoms with E-state index in [0.29, 0.717) is 24.9 Å². The van der Waals surface area contributed by atoms with E-state index < -0.39 is 0 Å². The van der Waals surface area contributed by atoms with Gasteiger partial charge < -0.3 is 4.74 Å². The van der Waals surface area contributed by atoms with Gasteiger partial charge in [0, 0.05) is 12.3 Å². The fourth-order valence-corrected chi connectivity index (χ4v) is 3.24. The van der Waals surface area contributed by atoms with Crippen LogP contribution >= 0.6 is 0 Å². The van der Waals surface area contributed by atoms with E-state index >= 15 is 0 Å². The third-order valence-electron chi connectivity index (χ3n) is 4.28. The molecule has 2 heteroatoms. The van der Waals surface area contributed by atoms with E-state index in [-0.39, 0.29) is 5.92 Å². The number of Topliss-reactive ketones (excluding diaryl/α,β-unsaturated/α-hetero) is 1. The molecule has 16 heavy (non-hydrogen) atoms. The third-order valence-corrected chi connectivity index (χ3v) is 4.28. The number of rotatable bonds is 6. The number of hydrogen-bond donors (Lipinski definition) is 0. The number of carbonyl (C=O) groups is 1. The van der Waals surface area contributed by atoms with Gasteiger partial charge in [-0.3, -0.25) is 4.79 Å². The van der Waals surface area contributed by atoms with Gasteiger partial charge in [0.25, 0.3) is 0 Å². The monoisotopic (exact) mass is 224 g/mol. The highest BCUT2D eigenvalue weighted by Gasteiger charge is 2.40. The Balaban J connectivity index is 1.69. The second kappa shape index (κ2) is 5.31. The van der Waals surface area contributed by atoms with Gasteiger partial charge in [0.1, 0.15) is 5.78 Å². The molecule has 0 heterocycles. The number of carbonyl (C=O) groups excluding carboxylic acids is 1. The van der Waals surface area contributed by atoms with Crippen LogP contribution in [-0.2, 0) is 9.53 Å². The second-order valence-electron chi connectivity index (χ2n) is 5.66. The number of fused-ring (bicyclic) bond motifs is 2. The van der Waals surface area contributed by atoms with Crippen LogP contribution in [0.2, 0.25) is 0 Å². The minimum Gasteiger partial charge on any atom is -0.377 e. The van der Waals surface area contributed by atoms with Crippen molar-refractivity contribution in [2.24, 2.45) is 17.8 Å². The Labute approximate surface area is 98.7 Å². The molecule has 0 saturated heterocycles. The molecule has 4 unspecified atom stereocenters. The molecule has 2 fully saturated rings. The Kier molecular flexibility index (Phi) is 4.01. The van der Waals surface area contributed by atoms with E-state index in [1.54, 1.807) is 0 Å². The first-order chi connectivity index (χ1) is 7.70. The molecule has 2 aliphatic carbocycles. The van der Waals surface area contributed by atoms with Crippen molar-refractivity contribution in [3.63, 3.8) is 0 Å². The molecular weight excluding hydrogens is 200 g/mol. The average Bonchev–Trinajstić information content (AvgIpc) is 2.87. The molecular formula is C14H24O2. The molecule has 0 amide bonds. The summed E-state index contributed by atoms with van der Waals surface area (Å²) in [5, 5.41) is 0. The first-order valence-corrected chi connectivity index (χ1v) is 6.85. The van der Waals surface area contributed by atoms with Crippen molar-refractivity contribution >= 4 is 5.78 Å². The van der Waals surface area contributed by atoms with Crippen molar-refractivity contribution in [1.29, 1.82) is 0 Å². The van der Waals surface area contributed by atoms with Gasteiger partial charge in [-0.25, -0.2) is 0 Å². The number of hydrogen-bond acceptors (Lipinski definition) is 2. The van der Waals surface area contributed by atoms with Gasteiger partial charge in [-0.1, -0.05) is 13.8 Å². The molecule has 0 aromatic heterocycles. The highest BCUT2D eigenvalue weighted by molar-refractivity contribution is 5.80. The minimum absolute atomic E-state index is 0.0964. The second-order valence-corrected chi connectivity index (χ2v) is 5.66. The van der Waals surface area contributed by atoms with E-state index in [9.17, 15) is 4.79 Å². The van der Waals surface area contributed by atoms with E-state index in [1.165, 1.54) is 25.7 Å². The Morgan fingerprint density at radius 3 is 2.75 bits per heavy atom. The third kappa shape index (κ3) is 2.65. The van der Waals surface area contributed by atoms with Crippen LogP contribution in [0.1, 0.15) is 52.4 Å². The normalized spacial score (nSPS) is 34.2. The molecule has 0 aromatic rings. The highest BCUT2D eigenvalue weighted by Crippen LogP contribution is 2.45. The number of ketones is 1. The molecule has 0 spiro atoms. The standard InChI is InChI=1S/C14H24O2/c1-3-4-13(15)10(2)9-16-14-8-11-5-6-12(14)7-11/h10-12,14H,3-9H2,1-2H3. The maximum absolute atomic E-state index is 11.6. The van der Waals surface area contributed by atoms with Gasteiger partial charge in [0.05, 0.1) is 12.7 Å². The highest BCUT2D eigenvalue weighted by atomic mass is 16.5. The zero-order valence-electron chi connectivity index (χ0n) is 10.6. The van der Waals surface area contributed by atoms with Crippen LogP contribution < -0.4 is 0 Å². The summed E-state index contributed by atoms with van der Waals surface area (Å²) < 4.78 is 5.95. The van der Waals surface area contributed by atoms with E-state index in [1.807, 2.05) is 6.92 Å². The maximum atomic E-state index is 11.6. The summed E-state index contributed by atoms with van der Waals surface area (Å²) in [6, 6.07) is 0. The van der Waals surface area contributed by atoms with Crippen LogP contribution in [0.4, 0.5) is 0 Å². The fourth-order valence-electron chi connectivity index (χ4n) is 3.24. The van der Waals surface area contributed by atoms with Gasteiger partial charge >= 0.3 is 0 Å². The summed E-state index contributed by atoms with van der Waals surface area (Å²) in [5.41, 5.74) is 0. The van der Waals surface area contributed by atoms with Crippen LogP contribution in [0.5, 0.6) is 0 Å². The predicted molar refractivity (Wildman–Crippen MR) is 64.3 cm³/mol. The SMILES string of the molecule is CCCC(=O)C(C)COC1CC2CCC1C2. The lowest BCUT2D eigenvalue weighted by atomic mass is 9.97. The predicted octanol–water partition coefficient (Wildman–Crippen LogP) is 3.20. The molecule has 2 saturated carbocycles. The first kappa shape index (κ1) is 12.1. The Morgan fingerprint density at radius 2 is 2.19 bits per heavy atom. The zero-order valence-corrected chi connectivity index (χ0v) is 10.6. The Bertz CT molecular complexity index is 249. The summed E-state index contributed by atoms with van der Waals surface area (Å²) >= 11 is 0. The maximum Gasteiger partial charge on any atom is 0.137 e. The average molecular weight is 224 g/mol. The number of ether oxygens (including phenoxy) is 1. The minimum atomic E-state index is 0.0964. The van der Waals surface area contributed by atoms with Gasteiger partial charge in [-0.05, 0) is 43.9 Å². The molecule has 2 aliphatic rings.